The molecule has 45 heavy (non-hydrogen) atoms. The highest BCUT2D eigenvalue weighted by Gasteiger charge is 2.30. The quantitative estimate of drug-likeness (QED) is 0.255. The number of halogens is 1. The molecule has 4 amide bonds. The number of nitrogens with two attached hydrogens (primary N) is 1. The second kappa shape index (κ2) is 15.5. The minimum absolute atomic E-state index is 0.0623. The zero-order valence-corrected chi connectivity index (χ0v) is 26.0. The molecular formula is C34H40ClN5O5. The predicted molar refractivity (Wildman–Crippen MR) is 173 cm³/mol. The minimum atomic E-state index is -0.454. The molecule has 0 bridgehead atoms. The molecular weight excluding hydrogens is 594 g/mol. The van der Waals surface area contributed by atoms with E-state index < -0.39 is 6.03 Å². The Morgan fingerprint density at radius 2 is 1.71 bits per heavy atom. The van der Waals surface area contributed by atoms with Gasteiger partial charge >= 0.3 is 6.03 Å². The molecule has 2 aliphatic rings. The van der Waals surface area contributed by atoms with Gasteiger partial charge in [-0.05, 0) is 73.6 Å². The zero-order valence-electron chi connectivity index (χ0n) is 25.3. The second-order valence-electron chi connectivity index (χ2n) is 11.5. The Kier molecular flexibility index (Phi) is 11.0. The number of piperidine rings is 1. The van der Waals surface area contributed by atoms with Crippen molar-refractivity contribution in [2.75, 3.05) is 44.8 Å². The molecule has 0 unspecified atom stereocenters. The van der Waals surface area contributed by atoms with Gasteiger partial charge in [0, 0.05) is 48.8 Å². The molecule has 11 heteroatoms. The van der Waals surface area contributed by atoms with E-state index >= 15 is 0 Å². The summed E-state index contributed by atoms with van der Waals surface area (Å²) >= 11 is 6.09. The van der Waals surface area contributed by atoms with Gasteiger partial charge < -0.3 is 35.6 Å². The summed E-state index contributed by atoms with van der Waals surface area (Å²) in [6.07, 6.45) is 2.99. The molecule has 238 valence electrons. The average Bonchev–Trinajstić information content (AvgIpc) is 3.52. The lowest BCUT2D eigenvalue weighted by atomic mass is 9.94. The lowest BCUT2D eigenvalue weighted by Crippen LogP contribution is -2.47. The molecule has 2 aliphatic heterocycles. The number of nitrogens with zero attached hydrogens (tertiary/aromatic N) is 2. The monoisotopic (exact) mass is 633 g/mol. The number of hydrogen-bond acceptors (Lipinski definition) is 6. The van der Waals surface area contributed by atoms with Crippen LogP contribution in [0.5, 0.6) is 11.5 Å². The van der Waals surface area contributed by atoms with Crippen molar-refractivity contribution in [3.63, 3.8) is 0 Å². The van der Waals surface area contributed by atoms with Crippen molar-refractivity contribution in [3.05, 3.63) is 88.9 Å². The van der Waals surface area contributed by atoms with E-state index in [9.17, 15) is 14.4 Å². The van der Waals surface area contributed by atoms with Crippen molar-refractivity contribution < 1.29 is 23.9 Å². The zero-order chi connectivity index (χ0) is 31.6. The molecule has 5 rings (SSSR count). The molecule has 10 nitrogen and oxygen atoms in total. The first-order chi connectivity index (χ1) is 21.8. The van der Waals surface area contributed by atoms with E-state index in [1.54, 1.807) is 17.0 Å². The van der Waals surface area contributed by atoms with E-state index in [-0.39, 0.29) is 37.1 Å². The van der Waals surface area contributed by atoms with Crippen molar-refractivity contribution in [2.45, 2.75) is 38.1 Å². The van der Waals surface area contributed by atoms with Crippen LogP contribution in [-0.4, -0.2) is 73.2 Å². The first-order valence-corrected chi connectivity index (χ1v) is 15.8. The van der Waals surface area contributed by atoms with Crippen LogP contribution in [0.1, 0.15) is 30.4 Å². The highest BCUT2D eigenvalue weighted by atomic mass is 35.5. The maximum absolute atomic E-state index is 13.9. The number of amides is 4. The van der Waals surface area contributed by atoms with Crippen LogP contribution >= 0.6 is 11.6 Å². The number of carbonyl (C=O) groups excluding carboxylic acids is 3. The molecule has 1 saturated heterocycles. The van der Waals surface area contributed by atoms with Gasteiger partial charge in [-0.25, -0.2) is 4.79 Å². The number of urea groups is 1. The van der Waals surface area contributed by atoms with Crippen molar-refractivity contribution in [2.24, 2.45) is 11.7 Å². The van der Waals surface area contributed by atoms with E-state index in [0.29, 0.717) is 69.1 Å². The first-order valence-electron chi connectivity index (χ1n) is 15.4. The highest BCUT2D eigenvalue weighted by Crippen LogP contribution is 2.32. The summed E-state index contributed by atoms with van der Waals surface area (Å²) in [6.45, 7) is 2.21. The molecule has 0 radical (unpaired) electrons. The third-order valence-electron chi connectivity index (χ3n) is 8.29. The van der Waals surface area contributed by atoms with Crippen LogP contribution < -0.4 is 25.8 Å². The fourth-order valence-corrected chi connectivity index (χ4v) is 5.98. The number of anilines is 1. The molecule has 4 N–H and O–H groups in total. The number of rotatable bonds is 13. The Bertz CT molecular complexity index is 1460. The summed E-state index contributed by atoms with van der Waals surface area (Å²) in [5.41, 5.74) is 8.38. The molecule has 0 aliphatic carbocycles. The largest absolute Gasteiger partial charge is 0.454 e. The number of primary amides is 1. The lowest BCUT2D eigenvalue weighted by Gasteiger charge is -2.34. The van der Waals surface area contributed by atoms with Gasteiger partial charge in [-0.15, -0.1) is 0 Å². The van der Waals surface area contributed by atoms with Gasteiger partial charge in [-0.2, -0.15) is 0 Å². The maximum Gasteiger partial charge on any atom is 0.314 e. The molecule has 0 spiro atoms. The van der Waals surface area contributed by atoms with Crippen LogP contribution in [-0.2, 0) is 22.4 Å². The molecule has 3 aromatic rings. The maximum atomic E-state index is 13.9. The number of hydrogen-bond donors (Lipinski definition) is 3. The highest BCUT2D eigenvalue weighted by molar-refractivity contribution is 6.30. The normalized spacial score (nSPS) is 14.9. The van der Waals surface area contributed by atoms with Crippen LogP contribution in [0.25, 0.3) is 0 Å². The Morgan fingerprint density at radius 1 is 0.933 bits per heavy atom. The number of likely N-dealkylation sites (tertiary alicyclic amines) is 1. The summed E-state index contributed by atoms with van der Waals surface area (Å²) in [7, 11) is 0. The SMILES string of the molecule is NC(=O)N1CCC(C(=O)N(CCc2ccc3c(c2)OCO3)CC[C@H](Cc2ccccc2)NC(=O)CNc2cccc(Cl)c2)CC1. The number of ether oxygens (including phenoxy) is 2. The van der Waals surface area contributed by atoms with Crippen LogP contribution in [0, 0.1) is 5.92 Å². The fourth-order valence-electron chi connectivity index (χ4n) is 5.79. The van der Waals surface area contributed by atoms with Crippen LogP contribution in [0.2, 0.25) is 5.02 Å². The van der Waals surface area contributed by atoms with E-state index in [2.05, 4.69) is 10.6 Å². The third-order valence-corrected chi connectivity index (χ3v) is 8.53. The van der Waals surface area contributed by atoms with E-state index in [1.165, 1.54) is 0 Å². The number of nitrogens with one attached hydrogen (secondary N) is 2. The van der Waals surface area contributed by atoms with Gasteiger partial charge in [-0.1, -0.05) is 54.1 Å². The van der Waals surface area contributed by atoms with Gasteiger partial charge in [0.25, 0.3) is 0 Å². The Hall–Kier alpha value is -4.44. The van der Waals surface area contributed by atoms with Crippen molar-refractivity contribution in [1.29, 1.82) is 0 Å². The summed E-state index contributed by atoms with van der Waals surface area (Å²) in [5.74, 6) is 1.15. The standard InChI is InChI=1S/C34H40ClN5O5/c35-27-7-4-8-28(21-27)37-22-32(41)38-29(19-24-5-2-1-3-6-24)14-18-39(33(42)26-12-16-40(17-13-26)34(36)43)15-11-25-9-10-30-31(20-25)45-23-44-30/h1-10,20-21,26,29,37H,11-19,22-23H2,(H2,36,43)(H,38,41)/t29-/m1/s1. The fraction of sp³-hybridized carbons (Fsp3) is 0.382. The molecule has 0 aromatic heterocycles. The molecule has 1 atom stereocenters. The summed E-state index contributed by atoms with van der Waals surface area (Å²) in [4.78, 5) is 42.1. The first kappa shape index (κ1) is 32.0. The number of fused-ring (bicyclic) bond motifs is 1. The van der Waals surface area contributed by atoms with Crippen LogP contribution in [0.15, 0.2) is 72.8 Å². The minimum Gasteiger partial charge on any atom is -0.454 e. The Morgan fingerprint density at radius 3 is 2.47 bits per heavy atom. The topological polar surface area (TPSA) is 126 Å². The molecule has 2 heterocycles. The van der Waals surface area contributed by atoms with Gasteiger partial charge in [0.05, 0.1) is 6.54 Å². The van der Waals surface area contributed by atoms with E-state index in [4.69, 9.17) is 26.8 Å². The van der Waals surface area contributed by atoms with Crippen molar-refractivity contribution in [1.82, 2.24) is 15.1 Å². The Labute approximate surface area is 268 Å². The molecule has 1 fully saturated rings. The Balaban J connectivity index is 1.26. The summed E-state index contributed by atoms with van der Waals surface area (Å²) in [5, 5.41) is 6.91. The second-order valence-corrected chi connectivity index (χ2v) is 11.9. The van der Waals surface area contributed by atoms with Crippen molar-refractivity contribution >= 4 is 35.1 Å². The van der Waals surface area contributed by atoms with Crippen LogP contribution in [0.4, 0.5) is 10.5 Å². The van der Waals surface area contributed by atoms with Crippen LogP contribution in [0.3, 0.4) is 0 Å². The summed E-state index contributed by atoms with van der Waals surface area (Å²) < 4.78 is 11.0. The van der Waals surface area contributed by atoms with Crippen molar-refractivity contribution in [3.8, 4) is 11.5 Å². The average molecular weight is 634 g/mol. The third kappa shape index (κ3) is 9.28. The van der Waals surface area contributed by atoms with Gasteiger partial charge in [0.1, 0.15) is 0 Å². The molecule has 0 saturated carbocycles. The number of benzene rings is 3. The van der Waals surface area contributed by atoms with Gasteiger partial charge in [0.15, 0.2) is 11.5 Å². The van der Waals surface area contributed by atoms with E-state index in [0.717, 1.165) is 22.6 Å². The number of carbonyl (C=O) groups is 3. The molecule has 3 aromatic carbocycles. The predicted octanol–water partition coefficient (Wildman–Crippen LogP) is 4.46. The van der Waals surface area contributed by atoms with Gasteiger partial charge in [-0.3, -0.25) is 9.59 Å². The lowest BCUT2D eigenvalue weighted by molar-refractivity contribution is -0.137. The van der Waals surface area contributed by atoms with Gasteiger partial charge in [0.2, 0.25) is 18.6 Å². The van der Waals surface area contributed by atoms with E-state index in [1.807, 2.05) is 65.6 Å². The summed E-state index contributed by atoms with van der Waals surface area (Å²) in [6, 6.07) is 22.4. The smallest absolute Gasteiger partial charge is 0.314 e.